The van der Waals surface area contributed by atoms with Crippen molar-refractivity contribution in [3.63, 3.8) is 0 Å². The summed E-state index contributed by atoms with van der Waals surface area (Å²) in [5, 5.41) is 6.90. The highest BCUT2D eigenvalue weighted by atomic mass is 15.2. The van der Waals surface area contributed by atoms with Crippen LogP contribution in [0.15, 0.2) is 35.3 Å². The fourth-order valence-electron chi connectivity index (χ4n) is 3.14. The van der Waals surface area contributed by atoms with Crippen molar-refractivity contribution < 1.29 is 0 Å². The van der Waals surface area contributed by atoms with Crippen molar-refractivity contribution in [2.75, 3.05) is 26.2 Å². The van der Waals surface area contributed by atoms with E-state index < -0.39 is 0 Å². The molecule has 2 N–H and O–H groups in total. The summed E-state index contributed by atoms with van der Waals surface area (Å²) in [6, 6.07) is 11.7. The van der Waals surface area contributed by atoms with Gasteiger partial charge in [-0.3, -0.25) is 9.89 Å². The second-order valence-electron chi connectivity index (χ2n) is 7.21. The molecule has 0 aliphatic heterocycles. The minimum Gasteiger partial charge on any atom is -0.357 e. The summed E-state index contributed by atoms with van der Waals surface area (Å²) in [5.41, 5.74) is 1.29. The maximum absolute atomic E-state index is 4.81. The normalized spacial score (nSPS) is 19.4. The summed E-state index contributed by atoms with van der Waals surface area (Å²) < 4.78 is 0. The summed E-state index contributed by atoms with van der Waals surface area (Å²) in [4.78, 5) is 7.48. The number of aliphatic imine (C=N–C) groups is 1. The number of hydrogen-bond donors (Lipinski definition) is 2. The average Bonchev–Trinajstić information content (AvgIpc) is 3.48. The van der Waals surface area contributed by atoms with Gasteiger partial charge in [0.2, 0.25) is 0 Å². The van der Waals surface area contributed by atoms with Gasteiger partial charge in [-0.1, -0.05) is 30.3 Å². The molecule has 2 aliphatic rings. The molecule has 0 aromatic heterocycles. The van der Waals surface area contributed by atoms with E-state index in [9.17, 15) is 0 Å². The number of hydrogen-bond acceptors (Lipinski definition) is 2. The van der Waals surface area contributed by atoms with E-state index in [4.69, 9.17) is 4.99 Å². The van der Waals surface area contributed by atoms with Crippen molar-refractivity contribution in [1.29, 1.82) is 0 Å². The zero-order valence-electron chi connectivity index (χ0n) is 15.2. The number of nitrogens with one attached hydrogen (secondary N) is 2. The fourth-order valence-corrected chi connectivity index (χ4v) is 3.14. The SMILES string of the molecule is CCNC(=NCCN(CC1CC1)C1CC1)NC(C)c1ccccc1. The van der Waals surface area contributed by atoms with Crippen LogP contribution in [0.5, 0.6) is 0 Å². The Labute approximate surface area is 146 Å². The summed E-state index contributed by atoms with van der Waals surface area (Å²) in [6.07, 6.45) is 5.65. The van der Waals surface area contributed by atoms with Gasteiger partial charge >= 0.3 is 0 Å². The Balaban J connectivity index is 1.50. The molecule has 4 nitrogen and oxygen atoms in total. The minimum atomic E-state index is 0.259. The molecule has 1 atom stereocenters. The first-order valence-electron chi connectivity index (χ1n) is 9.60. The Morgan fingerprint density at radius 3 is 2.58 bits per heavy atom. The molecule has 1 aromatic carbocycles. The molecular weight excluding hydrogens is 296 g/mol. The Hall–Kier alpha value is -1.55. The van der Waals surface area contributed by atoms with E-state index >= 15 is 0 Å². The third-order valence-corrected chi connectivity index (χ3v) is 4.91. The second kappa shape index (κ2) is 8.52. The molecule has 0 spiro atoms. The van der Waals surface area contributed by atoms with Crippen LogP contribution < -0.4 is 10.6 Å². The van der Waals surface area contributed by atoms with E-state index in [1.807, 2.05) is 0 Å². The maximum atomic E-state index is 4.81. The van der Waals surface area contributed by atoms with E-state index in [0.29, 0.717) is 0 Å². The van der Waals surface area contributed by atoms with Gasteiger partial charge in [-0.2, -0.15) is 0 Å². The Morgan fingerprint density at radius 2 is 1.96 bits per heavy atom. The first-order valence-corrected chi connectivity index (χ1v) is 9.60. The predicted molar refractivity (Wildman–Crippen MR) is 101 cm³/mol. The van der Waals surface area contributed by atoms with Crippen LogP contribution in [0.2, 0.25) is 0 Å². The standard InChI is InChI=1S/C20H32N4/c1-3-21-20(23-16(2)18-7-5-4-6-8-18)22-13-14-24(19-11-12-19)15-17-9-10-17/h4-8,16-17,19H,3,9-15H2,1-2H3,(H2,21,22,23). The number of guanidine groups is 1. The number of nitrogens with zero attached hydrogens (tertiary/aromatic N) is 2. The quantitative estimate of drug-likeness (QED) is 0.540. The Morgan fingerprint density at radius 1 is 1.21 bits per heavy atom. The topological polar surface area (TPSA) is 39.7 Å². The van der Waals surface area contributed by atoms with Crippen LogP contribution >= 0.6 is 0 Å². The van der Waals surface area contributed by atoms with Crippen LogP contribution in [-0.2, 0) is 0 Å². The lowest BCUT2D eigenvalue weighted by atomic mass is 10.1. The van der Waals surface area contributed by atoms with Gasteiger partial charge in [0, 0.05) is 25.7 Å². The summed E-state index contributed by atoms with van der Waals surface area (Å²) in [5.74, 6) is 1.90. The van der Waals surface area contributed by atoms with Gasteiger partial charge in [-0.25, -0.2) is 0 Å². The number of rotatable bonds is 9. The lowest BCUT2D eigenvalue weighted by Gasteiger charge is -2.22. The van der Waals surface area contributed by atoms with Crippen LogP contribution in [-0.4, -0.2) is 43.1 Å². The van der Waals surface area contributed by atoms with Gasteiger partial charge in [0.15, 0.2) is 5.96 Å². The van der Waals surface area contributed by atoms with Crippen LogP contribution in [0.3, 0.4) is 0 Å². The third kappa shape index (κ3) is 5.52. The molecule has 0 amide bonds. The summed E-state index contributed by atoms with van der Waals surface area (Å²) in [7, 11) is 0. The molecule has 0 heterocycles. The molecule has 0 bridgehead atoms. The Kier molecular flexibility index (Phi) is 6.13. The predicted octanol–water partition coefficient (Wildman–Crippen LogP) is 3.18. The summed E-state index contributed by atoms with van der Waals surface area (Å²) in [6.45, 7) is 8.46. The zero-order valence-corrected chi connectivity index (χ0v) is 15.2. The molecule has 0 radical (unpaired) electrons. The van der Waals surface area contributed by atoms with Crippen molar-refractivity contribution in [3.05, 3.63) is 35.9 Å². The van der Waals surface area contributed by atoms with Crippen molar-refractivity contribution in [2.24, 2.45) is 10.9 Å². The molecule has 2 aliphatic carbocycles. The van der Waals surface area contributed by atoms with E-state index in [1.165, 1.54) is 37.8 Å². The highest BCUT2D eigenvalue weighted by Crippen LogP contribution is 2.34. The molecule has 24 heavy (non-hydrogen) atoms. The smallest absolute Gasteiger partial charge is 0.191 e. The minimum absolute atomic E-state index is 0.259. The third-order valence-electron chi connectivity index (χ3n) is 4.91. The van der Waals surface area contributed by atoms with E-state index in [2.05, 4.69) is 59.7 Å². The molecule has 2 saturated carbocycles. The molecular formula is C20H32N4. The molecule has 132 valence electrons. The van der Waals surface area contributed by atoms with E-state index in [-0.39, 0.29) is 6.04 Å². The molecule has 3 rings (SSSR count). The lowest BCUT2D eigenvalue weighted by molar-refractivity contribution is 0.260. The van der Waals surface area contributed by atoms with Crippen LogP contribution in [0.4, 0.5) is 0 Å². The zero-order chi connectivity index (χ0) is 16.8. The average molecular weight is 329 g/mol. The van der Waals surface area contributed by atoms with E-state index in [1.54, 1.807) is 0 Å². The largest absolute Gasteiger partial charge is 0.357 e. The maximum Gasteiger partial charge on any atom is 0.191 e. The Bertz CT molecular complexity index is 520. The highest BCUT2D eigenvalue weighted by molar-refractivity contribution is 5.80. The van der Waals surface area contributed by atoms with E-state index in [0.717, 1.165) is 37.6 Å². The number of benzene rings is 1. The van der Waals surface area contributed by atoms with Crippen molar-refractivity contribution in [3.8, 4) is 0 Å². The highest BCUT2D eigenvalue weighted by Gasteiger charge is 2.33. The molecule has 0 saturated heterocycles. The van der Waals surface area contributed by atoms with Crippen LogP contribution in [0, 0.1) is 5.92 Å². The lowest BCUT2D eigenvalue weighted by Crippen LogP contribution is -2.39. The van der Waals surface area contributed by atoms with Crippen molar-refractivity contribution >= 4 is 5.96 Å². The van der Waals surface area contributed by atoms with Gasteiger partial charge in [0.05, 0.1) is 12.6 Å². The first-order chi connectivity index (χ1) is 11.8. The van der Waals surface area contributed by atoms with Crippen molar-refractivity contribution in [1.82, 2.24) is 15.5 Å². The molecule has 1 aromatic rings. The van der Waals surface area contributed by atoms with Gasteiger partial charge in [0.1, 0.15) is 0 Å². The fraction of sp³-hybridized carbons (Fsp3) is 0.650. The molecule has 2 fully saturated rings. The second-order valence-corrected chi connectivity index (χ2v) is 7.21. The monoisotopic (exact) mass is 328 g/mol. The first kappa shape index (κ1) is 17.3. The molecule has 1 unspecified atom stereocenters. The van der Waals surface area contributed by atoms with Crippen LogP contribution in [0.25, 0.3) is 0 Å². The van der Waals surface area contributed by atoms with Gasteiger partial charge in [-0.05, 0) is 51.0 Å². The molecule has 4 heteroatoms. The van der Waals surface area contributed by atoms with Gasteiger partial charge < -0.3 is 10.6 Å². The van der Waals surface area contributed by atoms with Crippen LogP contribution in [0.1, 0.15) is 51.1 Å². The van der Waals surface area contributed by atoms with Crippen molar-refractivity contribution in [2.45, 2.75) is 51.6 Å². The van der Waals surface area contributed by atoms with Gasteiger partial charge in [-0.15, -0.1) is 0 Å². The summed E-state index contributed by atoms with van der Waals surface area (Å²) >= 11 is 0. The van der Waals surface area contributed by atoms with Gasteiger partial charge in [0.25, 0.3) is 0 Å².